The van der Waals surface area contributed by atoms with Crippen molar-refractivity contribution in [3.8, 4) is 28.2 Å². The Morgan fingerprint density at radius 3 is 2.10 bits per heavy atom. The predicted molar refractivity (Wildman–Crippen MR) is 125 cm³/mol. The minimum atomic E-state index is 0.444. The Labute approximate surface area is 179 Å². The summed E-state index contributed by atoms with van der Waals surface area (Å²) in [7, 11) is 0. The van der Waals surface area contributed by atoms with E-state index in [1.807, 2.05) is 6.20 Å². The minimum absolute atomic E-state index is 0.444. The fourth-order valence-electron chi connectivity index (χ4n) is 4.84. The molecule has 0 radical (unpaired) electrons. The first-order chi connectivity index (χ1) is 14.6. The van der Waals surface area contributed by atoms with E-state index < -0.39 is 0 Å². The van der Waals surface area contributed by atoms with E-state index in [4.69, 9.17) is 4.98 Å². The van der Waals surface area contributed by atoms with Crippen molar-refractivity contribution >= 4 is 0 Å². The lowest BCUT2D eigenvalue weighted by atomic mass is 9.92. The highest BCUT2D eigenvalue weighted by molar-refractivity contribution is 5.83. The summed E-state index contributed by atoms with van der Waals surface area (Å²) in [4.78, 5) is 4.87. The highest BCUT2D eigenvalue weighted by Gasteiger charge is 2.24. The van der Waals surface area contributed by atoms with Crippen molar-refractivity contribution in [2.24, 2.45) is 0 Å². The Morgan fingerprint density at radius 1 is 0.733 bits per heavy atom. The van der Waals surface area contributed by atoms with Gasteiger partial charge in [0.25, 0.3) is 0 Å². The summed E-state index contributed by atoms with van der Waals surface area (Å²) in [6, 6.07) is 22.1. The van der Waals surface area contributed by atoms with E-state index in [9.17, 15) is 0 Å². The number of fused-ring (bicyclic) bond motifs is 3. The molecule has 3 aromatic carbocycles. The Balaban J connectivity index is 1.73. The van der Waals surface area contributed by atoms with Crippen LogP contribution in [0.3, 0.4) is 0 Å². The van der Waals surface area contributed by atoms with Gasteiger partial charge in [0.1, 0.15) is 5.82 Å². The number of para-hydroxylation sites is 1. The van der Waals surface area contributed by atoms with E-state index >= 15 is 0 Å². The van der Waals surface area contributed by atoms with E-state index in [1.54, 1.807) is 0 Å². The number of hydrogen-bond donors (Lipinski definition) is 0. The lowest BCUT2D eigenvalue weighted by Gasteiger charge is -2.22. The van der Waals surface area contributed by atoms with E-state index in [1.165, 1.54) is 44.6 Å². The van der Waals surface area contributed by atoms with Gasteiger partial charge < -0.3 is 0 Å². The van der Waals surface area contributed by atoms with Crippen LogP contribution in [-0.4, -0.2) is 9.55 Å². The van der Waals surface area contributed by atoms with E-state index in [0.29, 0.717) is 11.8 Å². The summed E-state index contributed by atoms with van der Waals surface area (Å²) in [6.45, 7) is 9.10. The Bertz CT molecular complexity index is 1200. The molecule has 0 unspecified atom stereocenters. The molecule has 2 heteroatoms. The van der Waals surface area contributed by atoms with Gasteiger partial charge in [-0.1, -0.05) is 88.4 Å². The second kappa shape index (κ2) is 7.28. The molecule has 0 saturated carbocycles. The van der Waals surface area contributed by atoms with Gasteiger partial charge in [0.15, 0.2) is 0 Å². The van der Waals surface area contributed by atoms with Crippen molar-refractivity contribution in [1.82, 2.24) is 9.55 Å². The fourth-order valence-corrected chi connectivity index (χ4v) is 4.84. The first kappa shape index (κ1) is 18.9. The summed E-state index contributed by atoms with van der Waals surface area (Å²) >= 11 is 0. The van der Waals surface area contributed by atoms with Crippen LogP contribution in [0.4, 0.5) is 0 Å². The zero-order valence-electron chi connectivity index (χ0n) is 18.2. The quantitative estimate of drug-likeness (QED) is 0.312. The summed E-state index contributed by atoms with van der Waals surface area (Å²) in [5.41, 5.74) is 10.8. The highest BCUT2D eigenvalue weighted by atomic mass is 15.1. The van der Waals surface area contributed by atoms with Gasteiger partial charge >= 0.3 is 0 Å². The summed E-state index contributed by atoms with van der Waals surface area (Å²) in [5.74, 6) is 1.93. The summed E-state index contributed by atoms with van der Waals surface area (Å²) in [6.07, 6.45) is 5.04. The van der Waals surface area contributed by atoms with Gasteiger partial charge in [-0.05, 0) is 51.6 Å². The number of nitrogens with zero attached hydrogens (tertiary/aromatic N) is 2. The Morgan fingerprint density at radius 2 is 1.37 bits per heavy atom. The second-order valence-corrected chi connectivity index (χ2v) is 8.88. The monoisotopic (exact) mass is 392 g/mol. The average molecular weight is 393 g/mol. The topological polar surface area (TPSA) is 17.8 Å². The van der Waals surface area contributed by atoms with Crippen molar-refractivity contribution in [1.29, 1.82) is 0 Å². The lowest BCUT2D eigenvalue weighted by Crippen LogP contribution is -2.08. The summed E-state index contributed by atoms with van der Waals surface area (Å²) < 4.78 is 2.32. The molecule has 30 heavy (non-hydrogen) atoms. The van der Waals surface area contributed by atoms with E-state index in [2.05, 4.69) is 99.1 Å². The molecule has 150 valence electrons. The largest absolute Gasteiger partial charge is 0.299 e. The number of imidazole rings is 1. The van der Waals surface area contributed by atoms with E-state index in [-0.39, 0.29) is 0 Å². The van der Waals surface area contributed by atoms with Crippen molar-refractivity contribution < 1.29 is 0 Å². The van der Waals surface area contributed by atoms with Gasteiger partial charge in [-0.25, -0.2) is 4.98 Å². The molecule has 0 amide bonds. The van der Waals surface area contributed by atoms with Crippen LogP contribution in [0.1, 0.15) is 61.8 Å². The van der Waals surface area contributed by atoms with Crippen molar-refractivity contribution in [2.45, 2.75) is 46.0 Å². The molecule has 1 aliphatic rings. The number of rotatable bonds is 4. The Hall–Kier alpha value is -3.13. The van der Waals surface area contributed by atoms with Gasteiger partial charge in [-0.15, -0.1) is 0 Å². The van der Waals surface area contributed by atoms with Crippen LogP contribution in [0.2, 0.25) is 0 Å². The van der Waals surface area contributed by atoms with Crippen LogP contribution in [0, 0.1) is 0 Å². The van der Waals surface area contributed by atoms with Gasteiger partial charge in [-0.3, -0.25) is 4.57 Å². The van der Waals surface area contributed by atoms with Crippen LogP contribution < -0.4 is 0 Å². The molecule has 4 aromatic rings. The lowest BCUT2D eigenvalue weighted by molar-refractivity contribution is 0.806. The molecule has 1 aliphatic carbocycles. The fraction of sp³-hybridized carbons (Fsp3) is 0.250. The third kappa shape index (κ3) is 2.90. The molecular weight excluding hydrogens is 364 g/mol. The molecule has 1 aromatic heterocycles. The minimum Gasteiger partial charge on any atom is -0.299 e. The number of hydrogen-bond acceptors (Lipinski definition) is 1. The number of benzene rings is 3. The molecule has 5 rings (SSSR count). The molecule has 0 saturated heterocycles. The van der Waals surface area contributed by atoms with Crippen LogP contribution in [0.5, 0.6) is 0 Å². The highest BCUT2D eigenvalue weighted by Crippen LogP contribution is 2.42. The molecule has 0 atom stereocenters. The molecule has 0 fully saturated rings. The molecule has 2 nitrogen and oxygen atoms in total. The van der Waals surface area contributed by atoms with E-state index in [0.717, 1.165) is 12.2 Å². The third-order valence-electron chi connectivity index (χ3n) is 6.32. The summed E-state index contributed by atoms with van der Waals surface area (Å²) in [5, 5.41) is 0. The number of aromatic nitrogens is 2. The van der Waals surface area contributed by atoms with Crippen molar-refractivity contribution in [3.63, 3.8) is 0 Å². The maximum Gasteiger partial charge on any atom is 0.144 e. The molecular formula is C28H28N2. The van der Waals surface area contributed by atoms with Gasteiger partial charge in [0, 0.05) is 18.0 Å². The van der Waals surface area contributed by atoms with Crippen LogP contribution in [0.15, 0.2) is 73.1 Å². The SMILES string of the molecule is CC(C)c1cccc(C(C)C)c1-n1ccnc1-c1cccc2c1Cc1ccccc1-2. The maximum atomic E-state index is 4.87. The third-order valence-corrected chi connectivity index (χ3v) is 6.32. The van der Waals surface area contributed by atoms with Gasteiger partial charge in [0.2, 0.25) is 0 Å². The second-order valence-electron chi connectivity index (χ2n) is 8.88. The van der Waals surface area contributed by atoms with Crippen molar-refractivity contribution in [3.05, 3.63) is 95.3 Å². The average Bonchev–Trinajstić information content (AvgIpc) is 3.37. The molecule has 0 aliphatic heterocycles. The van der Waals surface area contributed by atoms with Crippen LogP contribution in [-0.2, 0) is 6.42 Å². The van der Waals surface area contributed by atoms with Crippen molar-refractivity contribution in [2.75, 3.05) is 0 Å². The zero-order valence-corrected chi connectivity index (χ0v) is 18.2. The molecule has 0 bridgehead atoms. The first-order valence-electron chi connectivity index (χ1n) is 10.9. The Kier molecular flexibility index (Phi) is 4.58. The smallest absolute Gasteiger partial charge is 0.144 e. The molecule has 0 spiro atoms. The zero-order chi connectivity index (χ0) is 20.8. The maximum absolute atomic E-state index is 4.87. The van der Waals surface area contributed by atoms with Gasteiger partial charge in [0.05, 0.1) is 5.69 Å². The predicted octanol–water partition coefficient (Wildman–Crippen LogP) is 7.36. The van der Waals surface area contributed by atoms with Crippen LogP contribution in [0.25, 0.3) is 28.2 Å². The normalized spacial score (nSPS) is 12.5. The molecule has 0 N–H and O–H groups in total. The molecule has 1 heterocycles. The standard InChI is InChI=1S/C28H28N2/c1-18(2)21-11-7-12-22(19(3)4)27(21)30-16-15-29-28(30)25-14-8-13-24-23-10-6-5-9-20(23)17-26(24)25/h5-16,18-19H,17H2,1-4H3. The van der Waals surface area contributed by atoms with Crippen LogP contribution >= 0.6 is 0 Å². The van der Waals surface area contributed by atoms with Gasteiger partial charge in [-0.2, -0.15) is 0 Å². The first-order valence-corrected chi connectivity index (χ1v) is 10.9.